The number of rotatable bonds is 7. The summed E-state index contributed by atoms with van der Waals surface area (Å²) in [5.74, 6) is 1.11. The van der Waals surface area contributed by atoms with Crippen LogP contribution < -0.4 is 10.2 Å². The molecule has 96 valence electrons. The van der Waals surface area contributed by atoms with E-state index in [0.29, 0.717) is 6.04 Å². The van der Waals surface area contributed by atoms with Gasteiger partial charge in [-0.3, -0.25) is 0 Å². The molecule has 0 fully saturated rings. The maximum atomic E-state index is 4.53. The van der Waals surface area contributed by atoms with E-state index in [2.05, 4.69) is 49.1 Å². The van der Waals surface area contributed by atoms with Gasteiger partial charge in [0.1, 0.15) is 5.82 Å². The van der Waals surface area contributed by atoms with Gasteiger partial charge in [0, 0.05) is 31.4 Å². The van der Waals surface area contributed by atoms with Crippen LogP contribution in [0.1, 0.15) is 39.2 Å². The monoisotopic (exact) mass is 235 g/mol. The van der Waals surface area contributed by atoms with Crippen LogP contribution in [0.25, 0.3) is 0 Å². The molecule has 0 unspecified atom stereocenters. The van der Waals surface area contributed by atoms with Crippen LogP contribution in [-0.2, 0) is 6.54 Å². The lowest BCUT2D eigenvalue weighted by Crippen LogP contribution is -2.32. The number of nitrogens with zero attached hydrogens (tertiary/aromatic N) is 2. The number of aromatic nitrogens is 1. The fourth-order valence-electron chi connectivity index (χ4n) is 2.15. The first kappa shape index (κ1) is 14.0. The van der Waals surface area contributed by atoms with Crippen LogP contribution in [0.15, 0.2) is 18.3 Å². The molecule has 0 saturated heterocycles. The summed E-state index contributed by atoms with van der Waals surface area (Å²) < 4.78 is 0. The van der Waals surface area contributed by atoms with E-state index in [-0.39, 0.29) is 0 Å². The van der Waals surface area contributed by atoms with Crippen molar-refractivity contribution in [3.05, 3.63) is 23.9 Å². The van der Waals surface area contributed by atoms with Crippen LogP contribution in [0.3, 0.4) is 0 Å². The highest BCUT2D eigenvalue weighted by Crippen LogP contribution is 2.20. The average Bonchev–Trinajstić information content (AvgIpc) is 2.38. The Hall–Kier alpha value is -1.09. The summed E-state index contributed by atoms with van der Waals surface area (Å²) in [6.07, 6.45) is 4.19. The molecule has 0 aliphatic rings. The second kappa shape index (κ2) is 7.28. The molecule has 3 heteroatoms. The smallest absolute Gasteiger partial charge is 0.132 e. The fourth-order valence-corrected chi connectivity index (χ4v) is 2.15. The molecule has 0 aliphatic carbocycles. The van der Waals surface area contributed by atoms with Crippen molar-refractivity contribution >= 4 is 5.82 Å². The van der Waals surface area contributed by atoms with Crippen molar-refractivity contribution in [1.82, 2.24) is 10.3 Å². The van der Waals surface area contributed by atoms with Gasteiger partial charge in [-0.05, 0) is 25.5 Å². The highest BCUT2D eigenvalue weighted by Gasteiger charge is 2.15. The number of hydrogen-bond acceptors (Lipinski definition) is 3. The highest BCUT2D eigenvalue weighted by atomic mass is 15.2. The molecule has 1 aromatic heterocycles. The Labute approximate surface area is 105 Å². The third-order valence-electron chi connectivity index (χ3n) is 3.26. The van der Waals surface area contributed by atoms with Gasteiger partial charge < -0.3 is 10.2 Å². The Morgan fingerprint density at radius 1 is 1.29 bits per heavy atom. The van der Waals surface area contributed by atoms with Gasteiger partial charge in [-0.1, -0.05) is 26.8 Å². The summed E-state index contributed by atoms with van der Waals surface area (Å²) in [5.41, 5.74) is 1.28. The van der Waals surface area contributed by atoms with Gasteiger partial charge in [0.15, 0.2) is 0 Å². The fraction of sp³-hybridized carbons (Fsp3) is 0.643. The maximum Gasteiger partial charge on any atom is 0.132 e. The highest BCUT2D eigenvalue weighted by molar-refractivity contribution is 5.46. The molecule has 3 nitrogen and oxygen atoms in total. The number of nitrogens with one attached hydrogen (secondary N) is 1. The minimum atomic E-state index is 0.574. The molecule has 0 saturated carbocycles. The van der Waals surface area contributed by atoms with Crippen molar-refractivity contribution in [2.75, 3.05) is 18.5 Å². The van der Waals surface area contributed by atoms with Gasteiger partial charge in [-0.15, -0.1) is 0 Å². The van der Waals surface area contributed by atoms with E-state index in [1.807, 2.05) is 12.3 Å². The first-order valence-corrected chi connectivity index (χ1v) is 6.61. The van der Waals surface area contributed by atoms with Crippen molar-refractivity contribution < 1.29 is 0 Å². The minimum absolute atomic E-state index is 0.574. The molecule has 0 aliphatic heterocycles. The Kier molecular flexibility index (Phi) is 5.98. The van der Waals surface area contributed by atoms with Crippen molar-refractivity contribution in [3.63, 3.8) is 0 Å². The first-order chi connectivity index (χ1) is 8.24. The number of anilines is 1. The molecule has 0 radical (unpaired) electrons. The minimum Gasteiger partial charge on any atom is -0.356 e. The van der Waals surface area contributed by atoms with Gasteiger partial charge in [0.2, 0.25) is 0 Å². The topological polar surface area (TPSA) is 28.2 Å². The predicted octanol–water partition coefficient (Wildman–Crippen LogP) is 2.82. The lowest BCUT2D eigenvalue weighted by atomic mass is 10.1. The molecule has 0 atom stereocenters. The Balaban J connectivity index is 2.87. The van der Waals surface area contributed by atoms with Gasteiger partial charge >= 0.3 is 0 Å². The number of hydrogen-bond donors (Lipinski definition) is 1. The van der Waals surface area contributed by atoms with Crippen molar-refractivity contribution in [2.45, 2.75) is 46.2 Å². The van der Waals surface area contributed by atoms with Crippen LogP contribution in [0.5, 0.6) is 0 Å². The molecular weight excluding hydrogens is 210 g/mol. The second-order valence-electron chi connectivity index (χ2n) is 4.35. The van der Waals surface area contributed by atoms with Gasteiger partial charge in [0.25, 0.3) is 0 Å². The first-order valence-electron chi connectivity index (χ1n) is 6.61. The van der Waals surface area contributed by atoms with E-state index in [9.17, 15) is 0 Å². The normalized spacial score (nSPS) is 10.9. The zero-order chi connectivity index (χ0) is 12.7. The van der Waals surface area contributed by atoms with Crippen LogP contribution >= 0.6 is 0 Å². The third-order valence-corrected chi connectivity index (χ3v) is 3.26. The average molecular weight is 235 g/mol. The zero-order valence-electron chi connectivity index (χ0n) is 11.5. The summed E-state index contributed by atoms with van der Waals surface area (Å²) >= 11 is 0. The van der Waals surface area contributed by atoms with E-state index >= 15 is 0 Å². The van der Waals surface area contributed by atoms with Crippen LogP contribution in [0.4, 0.5) is 5.82 Å². The summed E-state index contributed by atoms with van der Waals surface area (Å²) in [6, 6.07) is 4.74. The standard InChI is InChI=1S/C14H25N3/c1-5-13(6-2)17(4)14-12(11-15-7-3)9-8-10-16-14/h8-10,13,15H,5-7,11H2,1-4H3. The third kappa shape index (κ3) is 3.70. The predicted molar refractivity (Wildman–Crippen MR) is 74.4 cm³/mol. The van der Waals surface area contributed by atoms with Crippen molar-refractivity contribution in [3.8, 4) is 0 Å². The molecule has 0 amide bonds. The molecule has 1 aromatic rings. The van der Waals surface area contributed by atoms with Crippen LogP contribution in [0, 0.1) is 0 Å². The van der Waals surface area contributed by atoms with E-state index in [1.54, 1.807) is 0 Å². The van der Waals surface area contributed by atoms with E-state index in [0.717, 1.165) is 31.7 Å². The molecule has 1 N–H and O–H groups in total. The second-order valence-corrected chi connectivity index (χ2v) is 4.35. The van der Waals surface area contributed by atoms with E-state index < -0.39 is 0 Å². The molecule has 17 heavy (non-hydrogen) atoms. The lowest BCUT2D eigenvalue weighted by Gasteiger charge is -2.29. The van der Waals surface area contributed by atoms with Gasteiger partial charge in [-0.2, -0.15) is 0 Å². The van der Waals surface area contributed by atoms with E-state index in [1.165, 1.54) is 5.56 Å². The van der Waals surface area contributed by atoms with Crippen molar-refractivity contribution in [1.29, 1.82) is 0 Å². The summed E-state index contributed by atoms with van der Waals surface area (Å²) in [6.45, 7) is 8.48. The maximum absolute atomic E-state index is 4.53. The van der Waals surface area contributed by atoms with E-state index in [4.69, 9.17) is 0 Å². The van der Waals surface area contributed by atoms with Crippen LogP contribution in [-0.4, -0.2) is 24.6 Å². The SMILES string of the molecule is CCNCc1cccnc1N(C)C(CC)CC. The lowest BCUT2D eigenvalue weighted by molar-refractivity contribution is 0.582. The quantitative estimate of drug-likeness (QED) is 0.787. The molecule has 1 heterocycles. The molecule has 0 aromatic carbocycles. The molecule has 0 spiro atoms. The molecular formula is C14H25N3. The summed E-state index contributed by atoms with van der Waals surface area (Å²) in [5, 5.41) is 3.37. The zero-order valence-corrected chi connectivity index (χ0v) is 11.5. The Morgan fingerprint density at radius 2 is 2.00 bits per heavy atom. The summed E-state index contributed by atoms with van der Waals surface area (Å²) in [7, 11) is 2.15. The molecule has 1 rings (SSSR count). The molecule has 0 bridgehead atoms. The summed E-state index contributed by atoms with van der Waals surface area (Å²) in [4.78, 5) is 6.85. The Morgan fingerprint density at radius 3 is 2.59 bits per heavy atom. The largest absolute Gasteiger partial charge is 0.356 e. The number of pyridine rings is 1. The van der Waals surface area contributed by atoms with Gasteiger partial charge in [0.05, 0.1) is 0 Å². The van der Waals surface area contributed by atoms with Crippen LogP contribution in [0.2, 0.25) is 0 Å². The van der Waals surface area contributed by atoms with Crippen molar-refractivity contribution in [2.24, 2.45) is 0 Å². The Bertz CT molecular complexity index is 321. The van der Waals surface area contributed by atoms with Gasteiger partial charge in [-0.25, -0.2) is 4.98 Å².